The van der Waals surface area contributed by atoms with Gasteiger partial charge in [-0.1, -0.05) is 13.8 Å². The first-order valence-electron chi connectivity index (χ1n) is 5.92. The molecule has 3 unspecified atom stereocenters. The molecule has 1 aliphatic rings. The number of hydrogen-bond acceptors (Lipinski definition) is 2. The lowest BCUT2D eigenvalue weighted by molar-refractivity contribution is 0.100. The zero-order chi connectivity index (χ0) is 11.5. The van der Waals surface area contributed by atoms with E-state index in [-0.39, 0.29) is 0 Å². The van der Waals surface area contributed by atoms with Crippen LogP contribution in [0.25, 0.3) is 0 Å². The average molecular weight is 284 g/mol. The molecule has 1 aromatic heterocycles. The van der Waals surface area contributed by atoms with Crippen LogP contribution in [0.1, 0.15) is 33.1 Å². The summed E-state index contributed by atoms with van der Waals surface area (Å²) in [4.78, 5) is 4.11. The molecule has 2 rings (SSSR count). The Hall–Kier alpha value is -0.570. The van der Waals surface area contributed by atoms with Gasteiger partial charge in [0.2, 0.25) is 0 Å². The fourth-order valence-corrected chi connectivity index (χ4v) is 2.60. The maximum Gasteiger partial charge on any atom is 0.139 e. The molecule has 1 saturated carbocycles. The molecule has 0 saturated heterocycles. The van der Waals surface area contributed by atoms with Crippen molar-refractivity contribution in [2.75, 3.05) is 0 Å². The molecule has 0 aromatic carbocycles. The van der Waals surface area contributed by atoms with E-state index in [1.165, 1.54) is 6.42 Å². The summed E-state index contributed by atoms with van der Waals surface area (Å²) < 4.78 is 6.94. The zero-order valence-corrected chi connectivity index (χ0v) is 11.4. The van der Waals surface area contributed by atoms with Gasteiger partial charge in [0, 0.05) is 10.7 Å². The number of ether oxygens (including phenoxy) is 1. The third-order valence-corrected chi connectivity index (χ3v) is 3.97. The largest absolute Gasteiger partial charge is 0.489 e. The lowest BCUT2D eigenvalue weighted by Gasteiger charge is -2.32. The van der Waals surface area contributed by atoms with Crippen molar-refractivity contribution in [3.05, 3.63) is 22.9 Å². The van der Waals surface area contributed by atoms with E-state index in [4.69, 9.17) is 4.74 Å². The summed E-state index contributed by atoms with van der Waals surface area (Å²) >= 11 is 3.41. The molecule has 0 N–H and O–H groups in total. The summed E-state index contributed by atoms with van der Waals surface area (Å²) in [6.07, 6.45) is 7.52. The van der Waals surface area contributed by atoms with Gasteiger partial charge in [-0.15, -0.1) is 0 Å². The first kappa shape index (κ1) is 11.9. The Morgan fingerprint density at radius 2 is 2.06 bits per heavy atom. The van der Waals surface area contributed by atoms with Gasteiger partial charge in [-0.05, 0) is 53.1 Å². The maximum atomic E-state index is 5.96. The molecular formula is C13H18BrNO. The summed E-state index contributed by atoms with van der Waals surface area (Å²) in [6, 6.07) is 1.98. The van der Waals surface area contributed by atoms with Gasteiger partial charge in [-0.2, -0.15) is 0 Å². The highest BCUT2D eigenvalue weighted by Gasteiger charge is 2.25. The average Bonchev–Trinajstić information content (AvgIpc) is 2.24. The molecule has 88 valence electrons. The molecule has 0 amide bonds. The Morgan fingerprint density at radius 3 is 2.75 bits per heavy atom. The highest BCUT2D eigenvalue weighted by Crippen LogP contribution is 2.31. The van der Waals surface area contributed by atoms with Gasteiger partial charge in [-0.3, -0.25) is 4.98 Å². The van der Waals surface area contributed by atoms with Crippen LogP contribution in [0.15, 0.2) is 22.9 Å². The van der Waals surface area contributed by atoms with E-state index >= 15 is 0 Å². The van der Waals surface area contributed by atoms with Gasteiger partial charge < -0.3 is 4.74 Å². The van der Waals surface area contributed by atoms with Crippen LogP contribution in [0.4, 0.5) is 0 Å². The van der Waals surface area contributed by atoms with E-state index in [1.807, 2.05) is 6.07 Å². The SMILES string of the molecule is CC1CCC(Oc2cncc(Br)c2)CC1C. The van der Waals surface area contributed by atoms with Crippen molar-refractivity contribution in [3.63, 3.8) is 0 Å². The molecule has 0 radical (unpaired) electrons. The van der Waals surface area contributed by atoms with E-state index < -0.39 is 0 Å². The molecule has 1 fully saturated rings. The molecule has 0 spiro atoms. The van der Waals surface area contributed by atoms with Crippen molar-refractivity contribution in [1.29, 1.82) is 0 Å². The third kappa shape index (κ3) is 2.97. The summed E-state index contributed by atoms with van der Waals surface area (Å²) in [5.74, 6) is 2.47. The van der Waals surface area contributed by atoms with Gasteiger partial charge in [0.25, 0.3) is 0 Å². The lowest BCUT2D eigenvalue weighted by atomic mass is 9.80. The number of halogens is 1. The predicted molar refractivity (Wildman–Crippen MR) is 68.5 cm³/mol. The van der Waals surface area contributed by atoms with Crippen molar-refractivity contribution in [2.24, 2.45) is 11.8 Å². The molecule has 1 heterocycles. The van der Waals surface area contributed by atoms with Gasteiger partial charge in [-0.25, -0.2) is 0 Å². The minimum atomic E-state index is 0.363. The fraction of sp³-hybridized carbons (Fsp3) is 0.615. The normalized spacial score (nSPS) is 30.1. The van der Waals surface area contributed by atoms with Crippen LogP contribution in [0.5, 0.6) is 5.75 Å². The van der Waals surface area contributed by atoms with Crippen molar-refractivity contribution in [2.45, 2.75) is 39.2 Å². The molecule has 3 atom stereocenters. The first-order valence-corrected chi connectivity index (χ1v) is 6.71. The molecule has 16 heavy (non-hydrogen) atoms. The predicted octanol–water partition coefficient (Wildman–Crippen LogP) is 4.05. The maximum absolute atomic E-state index is 5.96. The second kappa shape index (κ2) is 5.17. The Kier molecular flexibility index (Phi) is 3.85. The van der Waals surface area contributed by atoms with Crippen LogP contribution in [-0.2, 0) is 0 Å². The molecular weight excluding hydrogens is 266 g/mol. The zero-order valence-electron chi connectivity index (χ0n) is 9.82. The summed E-state index contributed by atoms with van der Waals surface area (Å²) in [6.45, 7) is 4.65. The van der Waals surface area contributed by atoms with Crippen molar-refractivity contribution >= 4 is 15.9 Å². The second-order valence-corrected chi connectivity index (χ2v) is 5.76. The van der Waals surface area contributed by atoms with E-state index in [1.54, 1.807) is 12.4 Å². The van der Waals surface area contributed by atoms with Crippen LogP contribution in [0.3, 0.4) is 0 Å². The number of pyridine rings is 1. The quantitative estimate of drug-likeness (QED) is 0.817. The molecule has 3 heteroatoms. The van der Waals surface area contributed by atoms with Crippen molar-refractivity contribution in [1.82, 2.24) is 4.98 Å². The summed E-state index contributed by atoms with van der Waals surface area (Å²) in [5.41, 5.74) is 0. The van der Waals surface area contributed by atoms with Crippen LogP contribution >= 0.6 is 15.9 Å². The van der Waals surface area contributed by atoms with Crippen LogP contribution in [0, 0.1) is 11.8 Å². The van der Waals surface area contributed by atoms with Crippen molar-refractivity contribution < 1.29 is 4.74 Å². The minimum Gasteiger partial charge on any atom is -0.489 e. The van der Waals surface area contributed by atoms with Crippen LogP contribution < -0.4 is 4.74 Å². The third-order valence-electron chi connectivity index (χ3n) is 3.53. The van der Waals surface area contributed by atoms with Gasteiger partial charge >= 0.3 is 0 Å². The fourth-order valence-electron chi connectivity index (χ4n) is 2.25. The Morgan fingerprint density at radius 1 is 1.25 bits per heavy atom. The second-order valence-electron chi connectivity index (χ2n) is 4.85. The number of nitrogens with zero attached hydrogens (tertiary/aromatic N) is 1. The van der Waals surface area contributed by atoms with E-state index in [9.17, 15) is 0 Å². The Balaban J connectivity index is 1.95. The molecule has 1 aliphatic carbocycles. The molecule has 0 bridgehead atoms. The summed E-state index contributed by atoms with van der Waals surface area (Å²) in [7, 11) is 0. The summed E-state index contributed by atoms with van der Waals surface area (Å²) in [5, 5.41) is 0. The monoisotopic (exact) mass is 283 g/mol. The van der Waals surface area contributed by atoms with Gasteiger partial charge in [0.15, 0.2) is 0 Å². The standard InChI is InChI=1S/C13H18BrNO/c1-9-3-4-12(5-10(9)2)16-13-6-11(14)7-15-8-13/h6-10,12H,3-5H2,1-2H3. The smallest absolute Gasteiger partial charge is 0.139 e. The lowest BCUT2D eigenvalue weighted by Crippen LogP contribution is -2.28. The highest BCUT2D eigenvalue weighted by molar-refractivity contribution is 9.10. The Labute approximate surface area is 106 Å². The van der Waals surface area contributed by atoms with E-state index in [0.717, 1.165) is 34.9 Å². The van der Waals surface area contributed by atoms with Crippen LogP contribution in [-0.4, -0.2) is 11.1 Å². The molecule has 1 aromatic rings. The number of rotatable bonds is 2. The van der Waals surface area contributed by atoms with Gasteiger partial charge in [0.05, 0.1) is 12.3 Å². The minimum absolute atomic E-state index is 0.363. The molecule has 0 aliphatic heterocycles. The van der Waals surface area contributed by atoms with Crippen LogP contribution in [0.2, 0.25) is 0 Å². The molecule has 2 nitrogen and oxygen atoms in total. The first-order chi connectivity index (χ1) is 7.65. The Bertz CT molecular complexity index is 356. The number of aromatic nitrogens is 1. The highest BCUT2D eigenvalue weighted by atomic mass is 79.9. The van der Waals surface area contributed by atoms with E-state index in [0.29, 0.717) is 6.10 Å². The van der Waals surface area contributed by atoms with Gasteiger partial charge in [0.1, 0.15) is 5.75 Å². The topological polar surface area (TPSA) is 22.1 Å². The number of hydrogen-bond donors (Lipinski definition) is 0. The van der Waals surface area contributed by atoms with Crippen molar-refractivity contribution in [3.8, 4) is 5.75 Å². The van der Waals surface area contributed by atoms with E-state index in [2.05, 4.69) is 34.8 Å².